The Bertz CT molecular complexity index is 597. The molecular formula is C15H17N3O2. The molecule has 0 aliphatic heterocycles. The molecule has 2 aromatic rings. The van der Waals surface area contributed by atoms with Crippen molar-refractivity contribution in [3.05, 3.63) is 53.3 Å². The maximum atomic E-state index is 11.1. The van der Waals surface area contributed by atoms with Crippen molar-refractivity contribution in [2.24, 2.45) is 0 Å². The van der Waals surface area contributed by atoms with Crippen LogP contribution >= 0.6 is 0 Å². The number of nitrogens with one attached hydrogen (secondary N) is 1. The van der Waals surface area contributed by atoms with Crippen LogP contribution in [0, 0.1) is 0 Å². The Morgan fingerprint density at radius 2 is 2.00 bits per heavy atom. The summed E-state index contributed by atoms with van der Waals surface area (Å²) in [6, 6.07) is 9.89. The van der Waals surface area contributed by atoms with Crippen molar-refractivity contribution in [2.75, 3.05) is 5.32 Å². The third-order valence-electron chi connectivity index (χ3n) is 2.89. The first-order chi connectivity index (χ1) is 9.58. The lowest BCUT2D eigenvalue weighted by atomic mass is 10.1. The van der Waals surface area contributed by atoms with E-state index >= 15 is 0 Å². The summed E-state index contributed by atoms with van der Waals surface area (Å²) in [6.07, 6.45) is 1.36. The lowest BCUT2D eigenvalue weighted by Gasteiger charge is -2.11. The highest BCUT2D eigenvalue weighted by molar-refractivity contribution is 5.88. The van der Waals surface area contributed by atoms with Crippen molar-refractivity contribution in [3.63, 3.8) is 0 Å². The molecule has 2 N–H and O–H groups in total. The lowest BCUT2D eigenvalue weighted by Crippen LogP contribution is -2.11. The van der Waals surface area contributed by atoms with Gasteiger partial charge in [-0.3, -0.25) is 0 Å². The summed E-state index contributed by atoms with van der Waals surface area (Å²) in [5.74, 6) is -0.521. The van der Waals surface area contributed by atoms with Crippen LogP contribution in [-0.4, -0.2) is 21.0 Å². The predicted octanol–water partition coefficient (Wildman–Crippen LogP) is 2.91. The largest absolute Gasteiger partial charge is 0.478 e. The zero-order valence-electron chi connectivity index (χ0n) is 11.5. The van der Waals surface area contributed by atoms with Crippen molar-refractivity contribution in [2.45, 2.75) is 26.3 Å². The summed E-state index contributed by atoms with van der Waals surface area (Å²) in [6.45, 7) is 4.43. The highest BCUT2D eigenvalue weighted by Crippen LogP contribution is 2.18. The first kappa shape index (κ1) is 14.0. The van der Waals surface area contributed by atoms with Crippen LogP contribution in [0.2, 0.25) is 0 Å². The Morgan fingerprint density at radius 1 is 1.30 bits per heavy atom. The Morgan fingerprint density at radius 3 is 2.60 bits per heavy atom. The Hall–Kier alpha value is -2.43. The van der Waals surface area contributed by atoms with Gasteiger partial charge in [0.15, 0.2) is 0 Å². The van der Waals surface area contributed by atoms with Gasteiger partial charge in [0.25, 0.3) is 0 Å². The number of carboxylic acids is 1. The average Bonchev–Trinajstić information content (AvgIpc) is 2.45. The van der Waals surface area contributed by atoms with Crippen molar-refractivity contribution < 1.29 is 9.90 Å². The van der Waals surface area contributed by atoms with Crippen molar-refractivity contribution in [1.82, 2.24) is 9.97 Å². The summed E-state index contributed by atoms with van der Waals surface area (Å²) < 4.78 is 0. The van der Waals surface area contributed by atoms with Gasteiger partial charge >= 0.3 is 5.97 Å². The molecular weight excluding hydrogens is 254 g/mol. The normalized spacial score (nSPS) is 10.6. The molecule has 0 spiro atoms. The van der Waals surface area contributed by atoms with Crippen LogP contribution < -0.4 is 5.32 Å². The standard InChI is InChI=1S/C15H17N3O2/c1-10(2)13-12(14(19)20)9-17-15(18-13)16-8-11-6-4-3-5-7-11/h3-7,9-10H,8H2,1-2H3,(H,19,20)(H,16,17,18). The number of carboxylic acid groups (broad SMARTS) is 1. The van der Waals surface area contributed by atoms with Gasteiger partial charge in [-0.25, -0.2) is 14.8 Å². The molecule has 0 bridgehead atoms. The number of aromatic carboxylic acids is 1. The molecule has 5 heteroatoms. The summed E-state index contributed by atoms with van der Waals surface area (Å²) >= 11 is 0. The molecule has 0 atom stereocenters. The molecule has 104 valence electrons. The number of nitrogens with zero attached hydrogens (tertiary/aromatic N) is 2. The summed E-state index contributed by atoms with van der Waals surface area (Å²) in [7, 11) is 0. The van der Waals surface area contributed by atoms with Crippen molar-refractivity contribution in [3.8, 4) is 0 Å². The molecule has 1 aromatic carbocycles. The van der Waals surface area contributed by atoms with Crippen LogP contribution in [0.25, 0.3) is 0 Å². The molecule has 0 radical (unpaired) electrons. The van der Waals surface area contributed by atoms with Gasteiger partial charge in [-0.1, -0.05) is 44.2 Å². The zero-order valence-corrected chi connectivity index (χ0v) is 11.5. The molecule has 5 nitrogen and oxygen atoms in total. The molecule has 0 fully saturated rings. The van der Waals surface area contributed by atoms with Gasteiger partial charge < -0.3 is 10.4 Å². The van der Waals surface area contributed by atoms with Crippen LogP contribution in [-0.2, 0) is 6.54 Å². The number of anilines is 1. The molecule has 1 aromatic heterocycles. The molecule has 20 heavy (non-hydrogen) atoms. The Balaban J connectivity index is 2.17. The fraction of sp³-hybridized carbons (Fsp3) is 0.267. The van der Waals surface area contributed by atoms with E-state index in [9.17, 15) is 4.79 Å². The summed E-state index contributed by atoms with van der Waals surface area (Å²) in [5, 5.41) is 12.2. The topological polar surface area (TPSA) is 75.1 Å². The van der Waals surface area contributed by atoms with Gasteiger partial charge in [0.2, 0.25) is 5.95 Å². The molecule has 0 unspecified atom stereocenters. The molecule has 0 saturated carbocycles. The van der Waals surface area contributed by atoms with Crippen molar-refractivity contribution >= 4 is 11.9 Å². The van der Waals surface area contributed by atoms with Crippen LogP contribution in [0.4, 0.5) is 5.95 Å². The minimum absolute atomic E-state index is 0.0291. The van der Waals surface area contributed by atoms with Gasteiger partial charge in [-0.2, -0.15) is 0 Å². The van der Waals surface area contributed by atoms with Crippen molar-refractivity contribution in [1.29, 1.82) is 0 Å². The predicted molar refractivity (Wildman–Crippen MR) is 76.8 cm³/mol. The first-order valence-electron chi connectivity index (χ1n) is 6.46. The number of aromatic nitrogens is 2. The third kappa shape index (κ3) is 3.32. The first-order valence-corrected chi connectivity index (χ1v) is 6.46. The molecule has 2 rings (SSSR count). The van der Waals surface area contributed by atoms with E-state index in [2.05, 4.69) is 15.3 Å². The van der Waals surface area contributed by atoms with E-state index in [1.165, 1.54) is 6.20 Å². The third-order valence-corrected chi connectivity index (χ3v) is 2.89. The summed E-state index contributed by atoms with van der Waals surface area (Å²) in [5.41, 5.74) is 1.82. The lowest BCUT2D eigenvalue weighted by molar-refractivity contribution is 0.0694. The SMILES string of the molecule is CC(C)c1nc(NCc2ccccc2)ncc1C(=O)O. The second kappa shape index (κ2) is 6.14. The highest BCUT2D eigenvalue weighted by atomic mass is 16.4. The van der Waals surface area contributed by atoms with E-state index < -0.39 is 5.97 Å². The molecule has 0 aliphatic rings. The number of hydrogen-bond acceptors (Lipinski definition) is 4. The Kier molecular flexibility index (Phi) is 4.30. The maximum Gasteiger partial charge on any atom is 0.339 e. The van der Waals surface area contributed by atoms with Crippen LogP contribution in [0.3, 0.4) is 0 Å². The number of benzene rings is 1. The second-order valence-electron chi connectivity index (χ2n) is 4.79. The number of carbonyl (C=O) groups is 1. The van der Waals surface area contributed by atoms with E-state index in [0.29, 0.717) is 18.2 Å². The van der Waals surface area contributed by atoms with E-state index in [0.717, 1.165) is 5.56 Å². The Labute approximate surface area is 117 Å². The molecule has 1 heterocycles. The smallest absolute Gasteiger partial charge is 0.339 e. The monoisotopic (exact) mass is 271 g/mol. The zero-order chi connectivity index (χ0) is 14.5. The van der Waals surface area contributed by atoms with Crippen LogP contribution in [0.5, 0.6) is 0 Å². The number of hydrogen-bond donors (Lipinski definition) is 2. The van der Waals surface area contributed by atoms with Gasteiger partial charge in [0.05, 0.1) is 11.3 Å². The molecule has 0 saturated heterocycles. The van der Waals surface area contributed by atoms with Gasteiger partial charge in [0.1, 0.15) is 0 Å². The molecule has 0 aliphatic carbocycles. The van der Waals surface area contributed by atoms with Crippen LogP contribution in [0.1, 0.15) is 41.4 Å². The highest BCUT2D eigenvalue weighted by Gasteiger charge is 2.16. The van der Waals surface area contributed by atoms with E-state index in [1.54, 1.807) is 0 Å². The minimum atomic E-state index is -0.997. The average molecular weight is 271 g/mol. The minimum Gasteiger partial charge on any atom is -0.478 e. The molecule has 0 amide bonds. The fourth-order valence-corrected chi connectivity index (χ4v) is 1.86. The van der Waals surface area contributed by atoms with E-state index in [-0.39, 0.29) is 11.5 Å². The quantitative estimate of drug-likeness (QED) is 0.874. The van der Waals surface area contributed by atoms with E-state index in [1.807, 2.05) is 44.2 Å². The maximum absolute atomic E-state index is 11.1. The number of rotatable bonds is 5. The van der Waals surface area contributed by atoms with Gasteiger partial charge in [-0.15, -0.1) is 0 Å². The van der Waals surface area contributed by atoms with Gasteiger partial charge in [-0.05, 0) is 11.5 Å². The van der Waals surface area contributed by atoms with E-state index in [4.69, 9.17) is 5.11 Å². The van der Waals surface area contributed by atoms with Gasteiger partial charge in [0, 0.05) is 12.7 Å². The van der Waals surface area contributed by atoms with Crippen LogP contribution in [0.15, 0.2) is 36.5 Å². The summed E-state index contributed by atoms with van der Waals surface area (Å²) in [4.78, 5) is 19.5. The fourth-order valence-electron chi connectivity index (χ4n) is 1.86. The second-order valence-corrected chi connectivity index (χ2v) is 4.79.